The van der Waals surface area contributed by atoms with E-state index in [0.29, 0.717) is 17.1 Å². The van der Waals surface area contributed by atoms with Crippen molar-refractivity contribution < 1.29 is 9.59 Å². The molecule has 1 rings (SSSR count). The number of nitrogens with zero attached hydrogens (tertiary/aromatic N) is 1. The summed E-state index contributed by atoms with van der Waals surface area (Å²) in [6, 6.07) is 5.10. The van der Waals surface area contributed by atoms with Crippen LogP contribution in [0.5, 0.6) is 0 Å². The SMILES string of the molecule is CN(C)C(=O)CCNC(=O)c1ccc(I)c(Cl)c1. The highest BCUT2D eigenvalue weighted by atomic mass is 127. The summed E-state index contributed by atoms with van der Waals surface area (Å²) in [7, 11) is 3.37. The maximum Gasteiger partial charge on any atom is 0.251 e. The van der Waals surface area contributed by atoms with E-state index in [4.69, 9.17) is 11.6 Å². The van der Waals surface area contributed by atoms with Gasteiger partial charge in [-0.1, -0.05) is 11.6 Å². The second kappa shape index (κ2) is 6.94. The molecule has 98 valence electrons. The maximum absolute atomic E-state index is 11.8. The molecular weight excluding hydrogens is 367 g/mol. The number of halogens is 2. The molecule has 0 radical (unpaired) electrons. The molecule has 0 saturated heterocycles. The fraction of sp³-hybridized carbons (Fsp3) is 0.333. The van der Waals surface area contributed by atoms with Gasteiger partial charge in [-0.25, -0.2) is 0 Å². The molecule has 0 unspecified atom stereocenters. The number of carbonyl (C=O) groups excluding carboxylic acids is 2. The lowest BCUT2D eigenvalue weighted by Crippen LogP contribution is -2.30. The molecule has 0 aromatic heterocycles. The Kier molecular flexibility index (Phi) is 5.87. The summed E-state index contributed by atoms with van der Waals surface area (Å²) in [6.45, 7) is 0.319. The van der Waals surface area contributed by atoms with E-state index in [0.717, 1.165) is 3.57 Å². The van der Waals surface area contributed by atoms with Gasteiger partial charge in [0.05, 0.1) is 5.02 Å². The lowest BCUT2D eigenvalue weighted by Gasteiger charge is -2.10. The van der Waals surface area contributed by atoms with Crippen LogP contribution in [0.2, 0.25) is 5.02 Å². The summed E-state index contributed by atoms with van der Waals surface area (Å²) in [6.07, 6.45) is 0.289. The zero-order chi connectivity index (χ0) is 13.7. The highest BCUT2D eigenvalue weighted by Crippen LogP contribution is 2.19. The van der Waals surface area contributed by atoms with Crippen LogP contribution in [-0.2, 0) is 4.79 Å². The molecular formula is C12H14ClIN2O2. The largest absolute Gasteiger partial charge is 0.352 e. The molecule has 0 saturated carbocycles. The quantitative estimate of drug-likeness (QED) is 0.814. The second-order valence-corrected chi connectivity index (χ2v) is 5.49. The van der Waals surface area contributed by atoms with Gasteiger partial charge in [-0.05, 0) is 40.8 Å². The molecule has 0 spiro atoms. The van der Waals surface area contributed by atoms with E-state index in [1.54, 1.807) is 32.3 Å². The molecule has 6 heteroatoms. The van der Waals surface area contributed by atoms with Crippen molar-refractivity contribution >= 4 is 46.0 Å². The third-order valence-corrected chi connectivity index (χ3v) is 3.88. The molecule has 0 heterocycles. The standard InChI is InChI=1S/C12H14ClIN2O2/c1-16(2)11(17)5-6-15-12(18)8-3-4-10(14)9(13)7-8/h3-4,7H,5-6H2,1-2H3,(H,15,18). The lowest BCUT2D eigenvalue weighted by molar-refractivity contribution is -0.128. The van der Waals surface area contributed by atoms with Gasteiger partial charge in [0.2, 0.25) is 5.91 Å². The number of amides is 2. The number of hydrogen-bond acceptors (Lipinski definition) is 2. The molecule has 0 fully saturated rings. The highest BCUT2D eigenvalue weighted by molar-refractivity contribution is 14.1. The Balaban J connectivity index is 2.50. The van der Waals surface area contributed by atoms with Gasteiger partial charge in [0.1, 0.15) is 0 Å². The predicted octanol–water partition coefficient (Wildman–Crippen LogP) is 2.15. The van der Waals surface area contributed by atoms with Crippen molar-refractivity contribution in [3.8, 4) is 0 Å². The van der Waals surface area contributed by atoms with Crippen molar-refractivity contribution in [1.82, 2.24) is 10.2 Å². The van der Waals surface area contributed by atoms with Crippen molar-refractivity contribution in [3.63, 3.8) is 0 Å². The summed E-state index contributed by atoms with van der Waals surface area (Å²) >= 11 is 8.03. The Morgan fingerprint density at radius 2 is 2.06 bits per heavy atom. The van der Waals surface area contributed by atoms with Crippen LogP contribution in [0.25, 0.3) is 0 Å². The van der Waals surface area contributed by atoms with Crippen molar-refractivity contribution in [3.05, 3.63) is 32.4 Å². The van der Waals surface area contributed by atoms with Crippen molar-refractivity contribution in [2.45, 2.75) is 6.42 Å². The fourth-order valence-electron chi connectivity index (χ4n) is 1.25. The minimum atomic E-state index is -0.222. The molecule has 0 aliphatic carbocycles. The van der Waals surface area contributed by atoms with Crippen LogP contribution in [0.4, 0.5) is 0 Å². The first-order valence-corrected chi connectivity index (χ1v) is 6.81. The Bertz CT molecular complexity index is 463. The van der Waals surface area contributed by atoms with Crippen LogP contribution in [0.3, 0.4) is 0 Å². The van der Waals surface area contributed by atoms with E-state index >= 15 is 0 Å². The fourth-order valence-corrected chi connectivity index (χ4v) is 1.76. The minimum Gasteiger partial charge on any atom is -0.352 e. The monoisotopic (exact) mass is 380 g/mol. The van der Waals surface area contributed by atoms with Gasteiger partial charge >= 0.3 is 0 Å². The van der Waals surface area contributed by atoms with Gasteiger partial charge in [-0.3, -0.25) is 9.59 Å². The molecule has 1 N–H and O–H groups in total. The minimum absolute atomic E-state index is 0.0176. The number of hydrogen-bond donors (Lipinski definition) is 1. The molecule has 0 aliphatic heterocycles. The predicted molar refractivity (Wildman–Crippen MR) is 79.8 cm³/mol. The normalized spacial score (nSPS) is 10.0. The van der Waals surface area contributed by atoms with Crippen LogP contribution in [-0.4, -0.2) is 37.4 Å². The molecule has 1 aromatic rings. The van der Waals surface area contributed by atoms with Gasteiger partial charge in [-0.2, -0.15) is 0 Å². The van der Waals surface area contributed by atoms with Gasteiger partial charge < -0.3 is 10.2 Å². The van der Waals surface area contributed by atoms with Crippen molar-refractivity contribution in [2.24, 2.45) is 0 Å². The van der Waals surface area contributed by atoms with Crippen LogP contribution in [0.15, 0.2) is 18.2 Å². The summed E-state index contributed by atoms with van der Waals surface area (Å²) in [5.74, 6) is -0.240. The summed E-state index contributed by atoms with van der Waals surface area (Å²) in [5, 5.41) is 3.23. The first-order chi connectivity index (χ1) is 8.41. The summed E-state index contributed by atoms with van der Waals surface area (Å²) in [5.41, 5.74) is 0.498. The third kappa shape index (κ3) is 4.45. The molecule has 0 atom stereocenters. The van der Waals surface area contributed by atoms with Gasteiger partial charge in [-0.15, -0.1) is 0 Å². The first kappa shape index (κ1) is 15.2. The van der Waals surface area contributed by atoms with E-state index in [-0.39, 0.29) is 18.2 Å². The zero-order valence-electron chi connectivity index (χ0n) is 10.2. The van der Waals surface area contributed by atoms with Crippen LogP contribution >= 0.6 is 34.2 Å². The Morgan fingerprint density at radius 3 is 2.61 bits per heavy atom. The van der Waals surface area contributed by atoms with Gasteiger partial charge in [0, 0.05) is 36.2 Å². The Hall–Kier alpha value is -0.820. The van der Waals surface area contributed by atoms with Gasteiger partial charge in [0.25, 0.3) is 5.91 Å². The van der Waals surface area contributed by atoms with E-state index < -0.39 is 0 Å². The number of rotatable bonds is 4. The van der Waals surface area contributed by atoms with E-state index in [1.807, 2.05) is 0 Å². The molecule has 4 nitrogen and oxygen atoms in total. The average Bonchev–Trinajstić information content (AvgIpc) is 2.32. The van der Waals surface area contributed by atoms with Crippen LogP contribution < -0.4 is 5.32 Å². The number of nitrogens with one attached hydrogen (secondary N) is 1. The van der Waals surface area contributed by atoms with Crippen molar-refractivity contribution in [1.29, 1.82) is 0 Å². The molecule has 0 aliphatic rings. The zero-order valence-corrected chi connectivity index (χ0v) is 13.1. The molecule has 18 heavy (non-hydrogen) atoms. The third-order valence-electron chi connectivity index (χ3n) is 2.31. The second-order valence-electron chi connectivity index (χ2n) is 3.92. The van der Waals surface area contributed by atoms with Crippen LogP contribution in [0.1, 0.15) is 16.8 Å². The Labute approximate surface area is 125 Å². The van der Waals surface area contributed by atoms with E-state index in [9.17, 15) is 9.59 Å². The molecule has 0 bridgehead atoms. The van der Waals surface area contributed by atoms with Crippen LogP contribution in [0, 0.1) is 3.57 Å². The molecule has 2 amide bonds. The highest BCUT2D eigenvalue weighted by Gasteiger charge is 2.09. The lowest BCUT2D eigenvalue weighted by atomic mass is 10.2. The smallest absolute Gasteiger partial charge is 0.251 e. The summed E-state index contributed by atoms with van der Waals surface area (Å²) in [4.78, 5) is 24.6. The Morgan fingerprint density at radius 1 is 1.39 bits per heavy atom. The maximum atomic E-state index is 11.8. The van der Waals surface area contributed by atoms with Crippen molar-refractivity contribution in [2.75, 3.05) is 20.6 Å². The topological polar surface area (TPSA) is 49.4 Å². The number of carbonyl (C=O) groups is 2. The number of benzene rings is 1. The summed E-state index contributed by atoms with van der Waals surface area (Å²) < 4.78 is 0.897. The average molecular weight is 381 g/mol. The van der Waals surface area contributed by atoms with E-state index in [2.05, 4.69) is 27.9 Å². The van der Waals surface area contributed by atoms with E-state index in [1.165, 1.54) is 4.90 Å². The molecule has 1 aromatic carbocycles. The van der Waals surface area contributed by atoms with Gasteiger partial charge in [0.15, 0.2) is 0 Å². The first-order valence-electron chi connectivity index (χ1n) is 5.35.